The Balaban J connectivity index is 2.96. The molecule has 1 heterocycles. The van der Waals surface area contributed by atoms with Crippen LogP contribution in [0, 0.1) is 6.92 Å². The maximum atomic E-state index is 11.8. The summed E-state index contributed by atoms with van der Waals surface area (Å²) < 4.78 is 15.6. The van der Waals surface area contributed by atoms with Gasteiger partial charge < -0.3 is 13.9 Å². The molecule has 0 spiro atoms. The summed E-state index contributed by atoms with van der Waals surface area (Å²) in [4.78, 5) is 23.4. The summed E-state index contributed by atoms with van der Waals surface area (Å²) >= 11 is 0. The number of rotatable bonds is 3. The molecule has 2 rings (SSSR count). The average molecular weight is 262 g/mol. The predicted octanol–water partition coefficient (Wildman–Crippen LogP) is 2.32. The number of hydrogen-bond acceptors (Lipinski definition) is 5. The minimum atomic E-state index is -0.646. The van der Waals surface area contributed by atoms with Crippen LogP contribution >= 0.6 is 0 Å². The Morgan fingerprint density at radius 2 is 1.89 bits per heavy atom. The zero-order valence-electron chi connectivity index (χ0n) is 11.2. The Morgan fingerprint density at radius 3 is 2.42 bits per heavy atom. The normalized spacial score (nSPS) is 10.5. The molecule has 5 heteroatoms. The first-order valence-corrected chi connectivity index (χ1v) is 5.70. The zero-order chi connectivity index (χ0) is 14.2. The van der Waals surface area contributed by atoms with Gasteiger partial charge in [0.1, 0.15) is 22.6 Å². The quantitative estimate of drug-likeness (QED) is 0.627. The number of aryl methyl sites for hydroxylation is 1. The Labute approximate surface area is 109 Å². The summed E-state index contributed by atoms with van der Waals surface area (Å²) in [5, 5.41) is 0.605. The third-order valence-corrected chi connectivity index (χ3v) is 3.00. The zero-order valence-corrected chi connectivity index (χ0v) is 11.2. The van der Waals surface area contributed by atoms with Crippen molar-refractivity contribution >= 4 is 16.8 Å². The first-order chi connectivity index (χ1) is 8.99. The highest BCUT2D eigenvalue weighted by molar-refractivity contribution is 6.00. The van der Waals surface area contributed by atoms with Crippen molar-refractivity contribution in [3.63, 3.8) is 0 Å². The van der Waals surface area contributed by atoms with Crippen LogP contribution in [0.5, 0.6) is 11.5 Å². The second kappa shape index (κ2) is 4.76. The number of fused-ring (bicyclic) bond motifs is 1. The third kappa shape index (κ3) is 2.07. The molecule has 100 valence electrons. The van der Waals surface area contributed by atoms with E-state index < -0.39 is 5.63 Å². The Hall–Kier alpha value is -2.30. The lowest BCUT2D eigenvalue weighted by Crippen LogP contribution is -2.14. The van der Waals surface area contributed by atoms with Crippen molar-refractivity contribution in [1.29, 1.82) is 0 Å². The molecule has 0 aliphatic rings. The van der Waals surface area contributed by atoms with Gasteiger partial charge in [0.15, 0.2) is 5.78 Å². The highest BCUT2D eigenvalue weighted by Gasteiger charge is 2.18. The van der Waals surface area contributed by atoms with Crippen LogP contribution in [0.2, 0.25) is 0 Å². The van der Waals surface area contributed by atoms with E-state index >= 15 is 0 Å². The van der Waals surface area contributed by atoms with E-state index in [1.807, 2.05) is 0 Å². The lowest BCUT2D eigenvalue weighted by molar-refractivity contribution is 0.101. The Morgan fingerprint density at radius 1 is 1.21 bits per heavy atom. The molecule has 0 saturated heterocycles. The fourth-order valence-electron chi connectivity index (χ4n) is 2.13. The van der Waals surface area contributed by atoms with Crippen LogP contribution in [0.15, 0.2) is 21.3 Å². The molecule has 2 aromatic rings. The number of hydrogen-bond donors (Lipinski definition) is 0. The summed E-state index contributed by atoms with van der Waals surface area (Å²) in [6.07, 6.45) is 0. The molecule has 5 nitrogen and oxygen atoms in total. The molecule has 0 radical (unpaired) electrons. The molecule has 0 fully saturated rings. The Kier molecular flexibility index (Phi) is 3.29. The maximum absolute atomic E-state index is 11.8. The minimum Gasteiger partial charge on any atom is -0.496 e. The number of Topliss-reactive ketones (excluding diaryl/α,β-unsaturated/α-hetero) is 1. The average Bonchev–Trinajstić information content (AvgIpc) is 2.36. The molecular formula is C14H14O5. The minimum absolute atomic E-state index is 0.0518. The van der Waals surface area contributed by atoms with Crippen molar-refractivity contribution in [2.45, 2.75) is 13.8 Å². The second-order valence-electron chi connectivity index (χ2n) is 4.15. The summed E-state index contributed by atoms with van der Waals surface area (Å²) in [5.74, 6) is 0.687. The lowest BCUT2D eigenvalue weighted by atomic mass is 10.0. The fraction of sp³-hybridized carbons (Fsp3) is 0.286. The van der Waals surface area contributed by atoms with Gasteiger partial charge in [-0.25, -0.2) is 4.79 Å². The summed E-state index contributed by atoms with van der Waals surface area (Å²) in [6, 6.07) is 3.27. The molecule has 0 unspecified atom stereocenters. The lowest BCUT2D eigenvalue weighted by Gasteiger charge is -2.11. The van der Waals surface area contributed by atoms with Crippen molar-refractivity contribution in [1.82, 2.24) is 0 Å². The van der Waals surface area contributed by atoms with Crippen LogP contribution in [0.3, 0.4) is 0 Å². The molecule has 1 aromatic heterocycles. The van der Waals surface area contributed by atoms with Crippen LogP contribution < -0.4 is 15.1 Å². The summed E-state index contributed by atoms with van der Waals surface area (Å²) in [6.45, 7) is 3.03. The van der Waals surface area contributed by atoms with Crippen molar-refractivity contribution in [2.75, 3.05) is 14.2 Å². The molecule has 0 aliphatic carbocycles. The number of benzene rings is 1. The van der Waals surface area contributed by atoms with Crippen LogP contribution in [0.25, 0.3) is 11.0 Å². The van der Waals surface area contributed by atoms with E-state index in [0.29, 0.717) is 28.0 Å². The van der Waals surface area contributed by atoms with E-state index in [9.17, 15) is 9.59 Å². The number of carbonyl (C=O) groups is 1. The van der Waals surface area contributed by atoms with Crippen LogP contribution in [-0.2, 0) is 0 Å². The molecule has 0 amide bonds. The molecule has 0 atom stereocenters. The van der Waals surface area contributed by atoms with Crippen molar-refractivity contribution in [2.24, 2.45) is 0 Å². The standard InChI is InChI=1S/C14H14O5/c1-7-12(8(2)15)14(16)19-11-6-9(17-3)5-10(18-4)13(7)11/h5-6H,1-4H3. The highest BCUT2D eigenvalue weighted by Crippen LogP contribution is 2.33. The number of ketones is 1. The molecule has 0 N–H and O–H groups in total. The molecular weight excluding hydrogens is 248 g/mol. The molecule has 0 saturated carbocycles. The van der Waals surface area contributed by atoms with Gasteiger partial charge in [-0.15, -0.1) is 0 Å². The van der Waals surface area contributed by atoms with Crippen molar-refractivity contribution in [3.8, 4) is 11.5 Å². The number of methoxy groups -OCH3 is 2. The molecule has 1 aromatic carbocycles. The van der Waals surface area contributed by atoms with Gasteiger partial charge in [-0.2, -0.15) is 0 Å². The smallest absolute Gasteiger partial charge is 0.347 e. The van der Waals surface area contributed by atoms with Crippen LogP contribution in [-0.4, -0.2) is 20.0 Å². The SMILES string of the molecule is COc1cc(OC)c2c(C)c(C(C)=O)c(=O)oc2c1. The van der Waals surface area contributed by atoms with Gasteiger partial charge >= 0.3 is 5.63 Å². The summed E-state index contributed by atoms with van der Waals surface area (Å²) in [5.41, 5.74) is 0.297. The van der Waals surface area contributed by atoms with Gasteiger partial charge in [0, 0.05) is 12.1 Å². The van der Waals surface area contributed by atoms with E-state index in [-0.39, 0.29) is 11.3 Å². The summed E-state index contributed by atoms with van der Waals surface area (Å²) in [7, 11) is 3.02. The highest BCUT2D eigenvalue weighted by atomic mass is 16.5. The first kappa shape index (κ1) is 13.1. The Bertz CT molecular complexity index is 712. The van der Waals surface area contributed by atoms with E-state index in [4.69, 9.17) is 13.9 Å². The second-order valence-corrected chi connectivity index (χ2v) is 4.15. The largest absolute Gasteiger partial charge is 0.496 e. The number of ether oxygens (including phenoxy) is 2. The van der Waals surface area contributed by atoms with Gasteiger partial charge in [-0.1, -0.05) is 0 Å². The van der Waals surface area contributed by atoms with E-state index in [0.717, 1.165) is 0 Å². The number of carbonyl (C=O) groups excluding carboxylic acids is 1. The van der Waals surface area contributed by atoms with Gasteiger partial charge in [-0.3, -0.25) is 4.79 Å². The van der Waals surface area contributed by atoms with Crippen molar-refractivity contribution in [3.05, 3.63) is 33.7 Å². The molecule has 19 heavy (non-hydrogen) atoms. The third-order valence-electron chi connectivity index (χ3n) is 3.00. The van der Waals surface area contributed by atoms with E-state index in [1.54, 1.807) is 19.1 Å². The van der Waals surface area contributed by atoms with Gasteiger partial charge in [0.2, 0.25) is 0 Å². The van der Waals surface area contributed by atoms with Crippen LogP contribution in [0.1, 0.15) is 22.8 Å². The fourth-order valence-corrected chi connectivity index (χ4v) is 2.13. The molecule has 0 bridgehead atoms. The maximum Gasteiger partial charge on any atom is 0.347 e. The van der Waals surface area contributed by atoms with Gasteiger partial charge in [-0.05, 0) is 19.4 Å². The van der Waals surface area contributed by atoms with E-state index in [1.165, 1.54) is 21.1 Å². The van der Waals surface area contributed by atoms with Gasteiger partial charge in [0.25, 0.3) is 0 Å². The molecule has 0 aliphatic heterocycles. The van der Waals surface area contributed by atoms with Crippen LogP contribution in [0.4, 0.5) is 0 Å². The topological polar surface area (TPSA) is 65.7 Å². The van der Waals surface area contributed by atoms with E-state index in [2.05, 4.69) is 0 Å². The monoisotopic (exact) mass is 262 g/mol. The van der Waals surface area contributed by atoms with Crippen molar-refractivity contribution < 1.29 is 18.7 Å². The van der Waals surface area contributed by atoms with Gasteiger partial charge in [0.05, 0.1) is 19.6 Å². The first-order valence-electron chi connectivity index (χ1n) is 5.70. The predicted molar refractivity (Wildman–Crippen MR) is 70.3 cm³/mol.